The average Bonchev–Trinajstić information content (AvgIpc) is 2.96. The molecule has 3 rings (SSSR count). The van der Waals surface area contributed by atoms with Gasteiger partial charge in [-0.15, -0.1) is 0 Å². The van der Waals surface area contributed by atoms with Crippen molar-refractivity contribution in [2.75, 3.05) is 33.4 Å². The molecule has 0 radical (unpaired) electrons. The molecule has 1 aromatic rings. The molecule has 2 aliphatic rings. The molecule has 23 heavy (non-hydrogen) atoms. The second kappa shape index (κ2) is 6.95. The van der Waals surface area contributed by atoms with Crippen LogP contribution in [0.5, 0.6) is 0 Å². The lowest BCUT2D eigenvalue weighted by Gasteiger charge is -2.36. The maximum Gasteiger partial charge on any atom is 0.255 e. The predicted molar refractivity (Wildman–Crippen MR) is 86.3 cm³/mol. The number of aliphatic hydroxyl groups excluding tert-OH is 1. The summed E-state index contributed by atoms with van der Waals surface area (Å²) in [5.74, 6) is -0.0673. The van der Waals surface area contributed by atoms with Gasteiger partial charge in [-0.2, -0.15) is 0 Å². The minimum Gasteiger partial charge on any atom is -0.389 e. The first-order chi connectivity index (χ1) is 11.1. The number of aliphatic hydroxyl groups is 1. The Morgan fingerprint density at radius 3 is 2.83 bits per heavy atom. The van der Waals surface area contributed by atoms with Crippen molar-refractivity contribution in [2.45, 2.75) is 38.0 Å². The number of hydrogen-bond acceptors (Lipinski definition) is 5. The van der Waals surface area contributed by atoms with Gasteiger partial charge in [-0.05, 0) is 31.9 Å². The van der Waals surface area contributed by atoms with E-state index in [9.17, 15) is 9.90 Å². The van der Waals surface area contributed by atoms with Crippen molar-refractivity contribution in [1.29, 1.82) is 0 Å². The Kier molecular flexibility index (Phi) is 4.94. The zero-order chi connectivity index (χ0) is 16.4. The molecule has 126 valence electrons. The Bertz CT molecular complexity index is 560. The number of aryl methyl sites for hydroxylation is 1. The number of carbonyl (C=O) groups excluding carboxylic acids is 1. The molecule has 1 saturated carbocycles. The third kappa shape index (κ3) is 3.24. The van der Waals surface area contributed by atoms with Crippen LogP contribution in [0.15, 0.2) is 18.3 Å². The number of likely N-dealkylation sites (N-methyl/N-ethyl adjacent to an activating group) is 1. The number of rotatable bonds is 3. The van der Waals surface area contributed by atoms with E-state index in [1.165, 1.54) is 0 Å². The molecule has 6 heteroatoms. The van der Waals surface area contributed by atoms with Crippen LogP contribution in [-0.2, 0) is 4.74 Å². The lowest BCUT2D eigenvalue weighted by molar-refractivity contribution is -0.0231. The fraction of sp³-hybridized carbons (Fsp3) is 0.647. The van der Waals surface area contributed by atoms with Crippen molar-refractivity contribution >= 4 is 5.91 Å². The van der Waals surface area contributed by atoms with Crippen LogP contribution < -0.4 is 0 Å². The molecule has 0 aromatic carbocycles. The molecule has 0 bridgehead atoms. The van der Waals surface area contributed by atoms with Gasteiger partial charge in [0, 0.05) is 38.1 Å². The Morgan fingerprint density at radius 2 is 2.13 bits per heavy atom. The van der Waals surface area contributed by atoms with Crippen molar-refractivity contribution in [2.24, 2.45) is 0 Å². The highest BCUT2D eigenvalue weighted by Gasteiger charge is 2.41. The first-order valence-electron chi connectivity index (χ1n) is 8.28. The van der Waals surface area contributed by atoms with E-state index in [2.05, 4.69) is 9.88 Å². The number of carbonyl (C=O) groups is 1. The number of amides is 1. The second-order valence-corrected chi connectivity index (χ2v) is 6.40. The largest absolute Gasteiger partial charge is 0.389 e. The molecule has 0 spiro atoms. The van der Waals surface area contributed by atoms with E-state index in [0.717, 1.165) is 44.8 Å². The molecule has 6 nitrogen and oxygen atoms in total. The number of nitrogens with zero attached hydrogens (tertiary/aromatic N) is 3. The lowest BCUT2D eigenvalue weighted by atomic mass is 10.1. The monoisotopic (exact) mass is 319 g/mol. The van der Waals surface area contributed by atoms with Crippen molar-refractivity contribution in [3.05, 3.63) is 29.6 Å². The number of ether oxygens (including phenoxy) is 1. The van der Waals surface area contributed by atoms with Crippen molar-refractivity contribution in [3.8, 4) is 0 Å². The smallest absolute Gasteiger partial charge is 0.255 e. The number of morpholine rings is 1. The van der Waals surface area contributed by atoms with Crippen LogP contribution in [0.25, 0.3) is 0 Å². The molecule has 1 saturated heterocycles. The first kappa shape index (κ1) is 16.4. The second-order valence-electron chi connectivity index (χ2n) is 6.40. The fourth-order valence-corrected chi connectivity index (χ4v) is 3.72. The summed E-state index contributed by atoms with van der Waals surface area (Å²) < 4.78 is 5.38. The fourth-order valence-electron chi connectivity index (χ4n) is 3.72. The van der Waals surface area contributed by atoms with Gasteiger partial charge in [0.2, 0.25) is 0 Å². The summed E-state index contributed by atoms with van der Waals surface area (Å²) in [6.07, 6.45) is 2.91. The Balaban J connectivity index is 1.69. The first-order valence-corrected chi connectivity index (χ1v) is 8.28. The molecule has 3 atom stereocenters. The third-order valence-corrected chi connectivity index (χ3v) is 5.12. The summed E-state index contributed by atoms with van der Waals surface area (Å²) in [5, 5.41) is 10.7. The third-order valence-electron chi connectivity index (χ3n) is 5.12. The molecule has 1 N–H and O–H groups in total. The molecule has 1 aliphatic heterocycles. The van der Waals surface area contributed by atoms with Crippen LogP contribution in [0.2, 0.25) is 0 Å². The predicted octanol–water partition coefficient (Wildman–Crippen LogP) is 0.686. The van der Waals surface area contributed by atoms with E-state index in [0.29, 0.717) is 5.56 Å². The summed E-state index contributed by atoms with van der Waals surface area (Å²) in [5.41, 5.74) is 1.33. The SMILES string of the molecule is Cc1ncccc1C(=O)N(C)[C@@H]1CC[C@@H](N2CCOCC2)[C@@H]1O. The van der Waals surface area contributed by atoms with Crippen LogP contribution in [0.1, 0.15) is 28.9 Å². The van der Waals surface area contributed by atoms with Gasteiger partial charge < -0.3 is 14.7 Å². The highest BCUT2D eigenvalue weighted by Crippen LogP contribution is 2.29. The molecular formula is C17H25N3O3. The maximum absolute atomic E-state index is 12.7. The highest BCUT2D eigenvalue weighted by molar-refractivity contribution is 5.95. The Hall–Kier alpha value is -1.50. The summed E-state index contributed by atoms with van der Waals surface area (Å²) in [6, 6.07) is 3.54. The minimum absolute atomic E-state index is 0.0673. The van der Waals surface area contributed by atoms with Gasteiger partial charge in [-0.1, -0.05) is 0 Å². The molecule has 1 aromatic heterocycles. The molecule has 2 fully saturated rings. The normalized spacial score (nSPS) is 28.7. The van der Waals surface area contributed by atoms with E-state index in [4.69, 9.17) is 4.74 Å². The van der Waals surface area contributed by atoms with E-state index in [1.807, 2.05) is 6.92 Å². The van der Waals surface area contributed by atoms with Crippen molar-refractivity contribution in [3.63, 3.8) is 0 Å². The minimum atomic E-state index is -0.515. The average molecular weight is 319 g/mol. The highest BCUT2D eigenvalue weighted by atomic mass is 16.5. The zero-order valence-electron chi connectivity index (χ0n) is 13.8. The standard InChI is InChI=1S/C17H25N3O3/c1-12-13(4-3-7-18-12)17(22)19(2)14-5-6-15(16(14)21)20-8-10-23-11-9-20/h3-4,7,14-16,21H,5-6,8-11H2,1-2H3/t14-,15-,16-/m1/s1. The lowest BCUT2D eigenvalue weighted by Crippen LogP contribution is -2.51. The number of pyridine rings is 1. The summed E-state index contributed by atoms with van der Waals surface area (Å²) in [6.45, 7) is 4.99. The van der Waals surface area contributed by atoms with Gasteiger partial charge in [0.15, 0.2) is 0 Å². The van der Waals surface area contributed by atoms with Crippen LogP contribution >= 0.6 is 0 Å². The van der Waals surface area contributed by atoms with Gasteiger partial charge in [0.25, 0.3) is 5.91 Å². The topological polar surface area (TPSA) is 65.9 Å². The molecule has 2 heterocycles. The zero-order valence-corrected chi connectivity index (χ0v) is 13.8. The Morgan fingerprint density at radius 1 is 1.39 bits per heavy atom. The molecule has 1 amide bonds. The summed E-state index contributed by atoms with van der Waals surface area (Å²) in [4.78, 5) is 20.9. The van der Waals surface area contributed by atoms with Crippen molar-refractivity contribution < 1.29 is 14.6 Å². The van der Waals surface area contributed by atoms with Crippen LogP contribution in [0, 0.1) is 6.92 Å². The van der Waals surface area contributed by atoms with E-state index < -0.39 is 6.10 Å². The van der Waals surface area contributed by atoms with Gasteiger partial charge in [0.1, 0.15) is 0 Å². The summed E-state index contributed by atoms with van der Waals surface area (Å²) in [7, 11) is 1.78. The van der Waals surface area contributed by atoms with E-state index >= 15 is 0 Å². The number of aromatic nitrogens is 1. The van der Waals surface area contributed by atoms with Gasteiger partial charge in [-0.3, -0.25) is 14.7 Å². The van der Waals surface area contributed by atoms with E-state index in [-0.39, 0.29) is 18.0 Å². The molecule has 0 unspecified atom stereocenters. The molecule has 1 aliphatic carbocycles. The maximum atomic E-state index is 12.7. The van der Waals surface area contributed by atoms with Crippen LogP contribution in [0.3, 0.4) is 0 Å². The Labute approximate surface area is 137 Å². The van der Waals surface area contributed by atoms with Crippen molar-refractivity contribution in [1.82, 2.24) is 14.8 Å². The van der Waals surface area contributed by atoms with Crippen LogP contribution in [0.4, 0.5) is 0 Å². The quantitative estimate of drug-likeness (QED) is 0.888. The number of hydrogen-bond donors (Lipinski definition) is 1. The van der Waals surface area contributed by atoms with E-state index in [1.54, 1.807) is 30.3 Å². The van der Waals surface area contributed by atoms with Gasteiger partial charge in [-0.25, -0.2) is 0 Å². The van der Waals surface area contributed by atoms with Gasteiger partial charge in [0.05, 0.1) is 30.9 Å². The molecular weight excluding hydrogens is 294 g/mol. The summed E-state index contributed by atoms with van der Waals surface area (Å²) >= 11 is 0. The van der Waals surface area contributed by atoms with Crippen LogP contribution in [-0.4, -0.2) is 77.3 Å². The van der Waals surface area contributed by atoms with Gasteiger partial charge >= 0.3 is 0 Å².